The molecule has 0 aromatic rings. The lowest BCUT2D eigenvalue weighted by Gasteiger charge is -2.36. The Labute approximate surface area is 126 Å². The molecule has 3 nitrogen and oxygen atoms in total. The molecule has 1 saturated carbocycles. The quantitative estimate of drug-likeness (QED) is 0.835. The van der Waals surface area contributed by atoms with Gasteiger partial charge in [0, 0.05) is 31.2 Å². The predicted octanol–water partition coefficient (Wildman–Crippen LogP) is 2.43. The molecule has 2 aliphatic rings. The van der Waals surface area contributed by atoms with Gasteiger partial charge >= 0.3 is 0 Å². The number of hydrogen-bond donors (Lipinski definition) is 1. The molecule has 3 heteroatoms. The van der Waals surface area contributed by atoms with Gasteiger partial charge in [-0.1, -0.05) is 27.7 Å². The highest BCUT2D eigenvalue weighted by atomic mass is 15.3. The molecule has 20 heavy (non-hydrogen) atoms. The first-order valence-electron chi connectivity index (χ1n) is 8.50. The lowest BCUT2D eigenvalue weighted by molar-refractivity contribution is 0.160. The van der Waals surface area contributed by atoms with Crippen molar-refractivity contribution in [2.75, 3.05) is 33.7 Å². The van der Waals surface area contributed by atoms with Crippen molar-refractivity contribution in [3.8, 4) is 0 Å². The van der Waals surface area contributed by atoms with Gasteiger partial charge in [0.05, 0.1) is 0 Å². The third kappa shape index (κ3) is 3.20. The van der Waals surface area contributed by atoms with Gasteiger partial charge in [-0.25, -0.2) is 0 Å². The zero-order valence-corrected chi connectivity index (χ0v) is 14.4. The zero-order valence-electron chi connectivity index (χ0n) is 14.4. The second-order valence-electron chi connectivity index (χ2n) is 7.99. The van der Waals surface area contributed by atoms with Crippen molar-refractivity contribution in [2.24, 2.45) is 11.3 Å². The Bertz CT molecular complexity index is 313. The van der Waals surface area contributed by atoms with Crippen LogP contribution in [0.4, 0.5) is 0 Å². The van der Waals surface area contributed by atoms with Gasteiger partial charge in [-0.05, 0) is 51.2 Å². The van der Waals surface area contributed by atoms with Crippen LogP contribution in [-0.2, 0) is 0 Å². The summed E-state index contributed by atoms with van der Waals surface area (Å²) in [6.45, 7) is 13.3. The summed E-state index contributed by atoms with van der Waals surface area (Å²) in [5, 5.41) is 3.85. The van der Waals surface area contributed by atoms with Crippen LogP contribution in [0.3, 0.4) is 0 Å². The minimum absolute atomic E-state index is 0.444. The summed E-state index contributed by atoms with van der Waals surface area (Å²) in [5.41, 5.74) is 0.444. The third-order valence-electron chi connectivity index (χ3n) is 5.66. The van der Waals surface area contributed by atoms with Crippen LogP contribution in [0.2, 0.25) is 0 Å². The summed E-state index contributed by atoms with van der Waals surface area (Å²) in [6.07, 6.45) is 3.95. The largest absolute Gasteiger partial charge is 0.312 e. The van der Waals surface area contributed by atoms with E-state index in [1.54, 1.807) is 0 Å². The molecule has 1 saturated heterocycles. The Hall–Kier alpha value is -0.120. The first kappa shape index (κ1) is 16.3. The Kier molecular flexibility index (Phi) is 5.14. The van der Waals surface area contributed by atoms with Crippen LogP contribution in [0.1, 0.15) is 47.0 Å². The maximum atomic E-state index is 3.85. The van der Waals surface area contributed by atoms with E-state index in [-0.39, 0.29) is 0 Å². The Morgan fingerprint density at radius 3 is 2.50 bits per heavy atom. The molecule has 0 aromatic heterocycles. The number of nitrogens with one attached hydrogen (secondary N) is 1. The number of likely N-dealkylation sites (N-methyl/N-ethyl adjacent to an activating group) is 1. The fraction of sp³-hybridized carbons (Fsp3) is 1.00. The van der Waals surface area contributed by atoms with Gasteiger partial charge in [0.25, 0.3) is 0 Å². The number of nitrogens with zero attached hydrogens (tertiary/aromatic N) is 2. The molecule has 1 N–H and O–H groups in total. The van der Waals surface area contributed by atoms with Crippen LogP contribution in [0.5, 0.6) is 0 Å². The minimum Gasteiger partial charge on any atom is -0.312 e. The van der Waals surface area contributed by atoms with E-state index in [4.69, 9.17) is 0 Å². The first-order chi connectivity index (χ1) is 9.36. The molecule has 118 valence electrons. The molecule has 1 aliphatic heterocycles. The van der Waals surface area contributed by atoms with Crippen molar-refractivity contribution in [3.05, 3.63) is 0 Å². The minimum atomic E-state index is 0.444. The van der Waals surface area contributed by atoms with Crippen molar-refractivity contribution in [2.45, 2.75) is 65.1 Å². The molecule has 2 rings (SSSR count). The number of rotatable bonds is 5. The van der Waals surface area contributed by atoms with Crippen LogP contribution < -0.4 is 5.32 Å². The predicted molar refractivity (Wildman–Crippen MR) is 87.1 cm³/mol. The fourth-order valence-corrected chi connectivity index (χ4v) is 4.40. The molecule has 0 spiro atoms. The van der Waals surface area contributed by atoms with E-state index >= 15 is 0 Å². The maximum Gasteiger partial charge on any atom is 0.0274 e. The van der Waals surface area contributed by atoms with Crippen molar-refractivity contribution in [1.82, 2.24) is 15.1 Å². The average molecular weight is 281 g/mol. The first-order valence-corrected chi connectivity index (χ1v) is 8.50. The van der Waals surface area contributed by atoms with Crippen molar-refractivity contribution in [3.63, 3.8) is 0 Å². The summed E-state index contributed by atoms with van der Waals surface area (Å²) in [7, 11) is 4.46. The molecule has 1 heterocycles. The van der Waals surface area contributed by atoms with E-state index in [1.165, 1.54) is 32.4 Å². The van der Waals surface area contributed by atoms with Gasteiger partial charge < -0.3 is 10.2 Å². The zero-order chi connectivity index (χ0) is 14.9. The van der Waals surface area contributed by atoms with Gasteiger partial charge in [0.1, 0.15) is 0 Å². The fourth-order valence-electron chi connectivity index (χ4n) is 4.40. The van der Waals surface area contributed by atoms with Crippen LogP contribution in [0.25, 0.3) is 0 Å². The molecule has 1 aliphatic carbocycles. The monoisotopic (exact) mass is 281 g/mol. The normalized spacial score (nSPS) is 38.0. The molecule has 4 atom stereocenters. The molecule has 0 amide bonds. The van der Waals surface area contributed by atoms with Crippen LogP contribution in [0, 0.1) is 11.3 Å². The van der Waals surface area contributed by atoms with E-state index < -0.39 is 0 Å². The van der Waals surface area contributed by atoms with Gasteiger partial charge in [-0.15, -0.1) is 0 Å². The van der Waals surface area contributed by atoms with Gasteiger partial charge in [-0.3, -0.25) is 4.90 Å². The highest BCUT2D eigenvalue weighted by molar-refractivity contribution is 5.03. The average Bonchev–Trinajstić information content (AvgIpc) is 2.87. The Balaban J connectivity index is 2.04. The summed E-state index contributed by atoms with van der Waals surface area (Å²) in [5.74, 6) is 0.792. The summed E-state index contributed by atoms with van der Waals surface area (Å²) in [6, 6.07) is 2.13. The standard InChI is InChI=1S/C17H35N3/c1-7-10-18-16-14(8-9-17(16,3)4)20-11-13(2)15(12-20)19(5)6/h13-16,18H,7-12H2,1-6H3. The molecular weight excluding hydrogens is 246 g/mol. The van der Waals surface area contributed by atoms with E-state index in [2.05, 4.69) is 56.9 Å². The van der Waals surface area contributed by atoms with E-state index in [0.717, 1.165) is 24.5 Å². The molecular formula is C17H35N3. The second-order valence-corrected chi connectivity index (χ2v) is 7.99. The molecule has 2 fully saturated rings. The molecule has 0 radical (unpaired) electrons. The van der Waals surface area contributed by atoms with Crippen LogP contribution in [-0.4, -0.2) is 61.7 Å². The second kappa shape index (κ2) is 6.33. The number of likely N-dealkylation sites (tertiary alicyclic amines) is 1. The van der Waals surface area contributed by atoms with Crippen LogP contribution >= 0.6 is 0 Å². The Morgan fingerprint density at radius 1 is 1.25 bits per heavy atom. The van der Waals surface area contributed by atoms with Gasteiger partial charge in [-0.2, -0.15) is 0 Å². The maximum absolute atomic E-state index is 3.85. The highest BCUT2D eigenvalue weighted by Gasteiger charge is 2.46. The van der Waals surface area contributed by atoms with Crippen LogP contribution in [0.15, 0.2) is 0 Å². The smallest absolute Gasteiger partial charge is 0.0274 e. The number of hydrogen-bond acceptors (Lipinski definition) is 3. The van der Waals surface area contributed by atoms with Crippen molar-refractivity contribution < 1.29 is 0 Å². The summed E-state index contributed by atoms with van der Waals surface area (Å²) in [4.78, 5) is 5.19. The van der Waals surface area contributed by atoms with Crippen molar-refractivity contribution >= 4 is 0 Å². The van der Waals surface area contributed by atoms with Gasteiger partial charge in [0.2, 0.25) is 0 Å². The molecule has 0 bridgehead atoms. The summed E-state index contributed by atoms with van der Waals surface area (Å²) < 4.78 is 0. The molecule has 4 unspecified atom stereocenters. The highest BCUT2D eigenvalue weighted by Crippen LogP contribution is 2.41. The topological polar surface area (TPSA) is 18.5 Å². The molecule has 0 aromatic carbocycles. The summed E-state index contributed by atoms with van der Waals surface area (Å²) >= 11 is 0. The van der Waals surface area contributed by atoms with E-state index in [1.807, 2.05) is 0 Å². The van der Waals surface area contributed by atoms with Gasteiger partial charge in [0.15, 0.2) is 0 Å². The van der Waals surface area contributed by atoms with Crippen molar-refractivity contribution in [1.29, 1.82) is 0 Å². The lowest BCUT2D eigenvalue weighted by Crippen LogP contribution is -2.51. The Morgan fingerprint density at radius 2 is 1.95 bits per heavy atom. The van der Waals surface area contributed by atoms with E-state index in [0.29, 0.717) is 11.5 Å². The lowest BCUT2D eigenvalue weighted by atomic mass is 9.86. The van der Waals surface area contributed by atoms with E-state index in [9.17, 15) is 0 Å². The third-order valence-corrected chi connectivity index (χ3v) is 5.66. The SMILES string of the molecule is CCCNC1C(N2CC(C)C(N(C)C)C2)CCC1(C)C.